The van der Waals surface area contributed by atoms with Gasteiger partial charge in [0.05, 0.1) is 24.2 Å². The molecule has 7 rings (SSSR count). The molecule has 0 saturated carbocycles. The Hall–Kier alpha value is -6.76. The normalized spacial score (nSPS) is 16.3. The molecule has 6 N–H and O–H groups in total. The van der Waals surface area contributed by atoms with Crippen molar-refractivity contribution in [2.24, 2.45) is 0 Å². The van der Waals surface area contributed by atoms with Crippen LogP contribution in [0, 0.1) is 19.7 Å². The Morgan fingerprint density at radius 3 is 2.46 bits per heavy atom. The summed E-state index contributed by atoms with van der Waals surface area (Å²) in [7, 11) is 1.60. The van der Waals surface area contributed by atoms with Gasteiger partial charge >= 0.3 is 0 Å². The Bertz CT molecular complexity index is 2450. The van der Waals surface area contributed by atoms with Crippen LogP contribution < -0.4 is 31.5 Å². The molecule has 2 saturated heterocycles. The highest BCUT2D eigenvalue weighted by Gasteiger charge is 2.39. The van der Waals surface area contributed by atoms with Crippen molar-refractivity contribution in [2.45, 2.75) is 115 Å². The van der Waals surface area contributed by atoms with Crippen molar-refractivity contribution < 1.29 is 28.3 Å². The van der Waals surface area contributed by atoms with Crippen molar-refractivity contribution in [1.82, 2.24) is 50.9 Å². The van der Waals surface area contributed by atoms with Crippen molar-refractivity contribution >= 4 is 46.9 Å². The van der Waals surface area contributed by atoms with Gasteiger partial charge in [-0.05, 0) is 75.3 Å². The maximum atomic E-state index is 14.3. The summed E-state index contributed by atoms with van der Waals surface area (Å²) in [5, 5.41) is 26.6. The number of ether oxygens (including phenoxy) is 1. The summed E-state index contributed by atoms with van der Waals surface area (Å²) < 4.78 is 21.1. The molecule has 0 aliphatic carbocycles. The Morgan fingerprint density at radius 1 is 0.940 bits per heavy atom. The standard InChI is InChI=1S/C48H62FN13O5/c1-32-26-40(55-41-27-33(2)59-60-41)56-47(54-32)61-24-20-48(67-3,21-25-61)58-46(66)38(35-16-18-42(52-29-35)62-31-36(49)30-53-62)14-11-23-51-43(63)15-8-6-4-5-7-9-22-50-37-13-10-12-34(28-37)39-17-19-44(64)57-45(39)65/h10,12-13,16,18,26-31,38-39,50H,4-9,11,14-15,17,19-25H2,1-3H3,(H,51,63)(H,58,66)(H,57,64,65)(H2,54,55,56,59,60)/t38-,39?/m0/s1. The molecule has 0 bridgehead atoms. The van der Waals surface area contributed by atoms with E-state index in [9.17, 15) is 23.6 Å². The molecule has 0 radical (unpaired) electrons. The number of aryl methyl sites for hydroxylation is 2. The molecular weight excluding hydrogens is 858 g/mol. The number of anilines is 4. The van der Waals surface area contributed by atoms with Gasteiger partial charge in [-0.25, -0.2) is 19.0 Å². The lowest BCUT2D eigenvalue weighted by molar-refractivity contribution is -0.136. The second-order valence-electron chi connectivity index (χ2n) is 17.5. The average Bonchev–Trinajstić information content (AvgIpc) is 3.95. The van der Waals surface area contributed by atoms with Crippen LogP contribution in [0.1, 0.15) is 118 Å². The predicted molar refractivity (Wildman–Crippen MR) is 251 cm³/mol. The summed E-state index contributed by atoms with van der Waals surface area (Å²) in [4.78, 5) is 66.9. The highest BCUT2D eigenvalue weighted by atomic mass is 19.1. The van der Waals surface area contributed by atoms with E-state index in [1.165, 1.54) is 10.9 Å². The summed E-state index contributed by atoms with van der Waals surface area (Å²) in [6.45, 7) is 6.16. The minimum Gasteiger partial charge on any atom is -0.385 e. The van der Waals surface area contributed by atoms with Crippen LogP contribution in [0.25, 0.3) is 5.82 Å². The average molecular weight is 920 g/mol. The predicted octanol–water partition coefficient (Wildman–Crippen LogP) is 6.38. The summed E-state index contributed by atoms with van der Waals surface area (Å²) in [5.74, 6) is 0.228. The number of hydrogen-bond acceptors (Lipinski definition) is 13. The van der Waals surface area contributed by atoms with Crippen LogP contribution in [0.3, 0.4) is 0 Å². The molecule has 0 spiro atoms. The van der Waals surface area contributed by atoms with Crippen molar-refractivity contribution in [2.75, 3.05) is 48.8 Å². The number of carbonyl (C=O) groups is 4. The molecule has 1 unspecified atom stereocenters. The van der Waals surface area contributed by atoms with Gasteiger partial charge in [0.25, 0.3) is 0 Å². The lowest BCUT2D eigenvalue weighted by atomic mass is 9.90. The number of rotatable bonds is 23. The first kappa shape index (κ1) is 48.2. The number of amides is 4. The van der Waals surface area contributed by atoms with Gasteiger partial charge in [-0.3, -0.25) is 29.6 Å². The zero-order valence-electron chi connectivity index (χ0n) is 38.6. The molecule has 4 aromatic heterocycles. The largest absolute Gasteiger partial charge is 0.385 e. The summed E-state index contributed by atoms with van der Waals surface area (Å²) in [6, 6.07) is 15.1. The SMILES string of the molecule is COC1(NC(=O)[C@@H](CCCNC(=O)CCCCCCCCNc2cccc(C3CCC(=O)NC3=O)c2)c2ccc(-n3cc(F)cn3)nc2)CCN(c2nc(C)cc(Nc3cc(C)[nH]n3)n2)CC1. The molecule has 19 heteroatoms. The molecule has 2 aliphatic rings. The number of unbranched alkanes of at least 4 members (excludes halogenated alkanes) is 5. The minimum absolute atomic E-state index is 0.0102. The number of imide groups is 1. The number of aromatic amines is 1. The maximum Gasteiger partial charge on any atom is 0.234 e. The van der Waals surface area contributed by atoms with E-state index in [1.807, 2.05) is 50.2 Å². The number of methoxy groups -OCH3 is 1. The minimum atomic E-state index is -0.929. The Kier molecular flexibility index (Phi) is 16.6. The van der Waals surface area contributed by atoms with Gasteiger partial charge in [-0.15, -0.1) is 0 Å². The van der Waals surface area contributed by atoms with Crippen LogP contribution in [-0.4, -0.2) is 97.6 Å². The molecule has 67 heavy (non-hydrogen) atoms. The molecule has 2 aliphatic heterocycles. The van der Waals surface area contributed by atoms with Gasteiger partial charge in [-0.1, -0.05) is 43.9 Å². The maximum absolute atomic E-state index is 14.3. The highest BCUT2D eigenvalue weighted by molar-refractivity contribution is 6.01. The lowest BCUT2D eigenvalue weighted by Gasteiger charge is -2.42. The van der Waals surface area contributed by atoms with Crippen LogP contribution in [0.4, 0.5) is 27.7 Å². The molecule has 2 fully saturated rings. The number of halogens is 1. The van der Waals surface area contributed by atoms with Gasteiger partial charge < -0.3 is 30.9 Å². The van der Waals surface area contributed by atoms with E-state index in [4.69, 9.17) is 14.7 Å². The quantitative estimate of drug-likeness (QED) is 0.0238. The molecule has 6 heterocycles. The number of pyridine rings is 1. The monoisotopic (exact) mass is 919 g/mol. The van der Waals surface area contributed by atoms with Gasteiger partial charge in [-0.2, -0.15) is 15.2 Å². The summed E-state index contributed by atoms with van der Waals surface area (Å²) >= 11 is 0. The van der Waals surface area contributed by atoms with Crippen molar-refractivity contribution in [3.63, 3.8) is 0 Å². The second-order valence-corrected chi connectivity index (χ2v) is 17.5. The topological polar surface area (TPSA) is 226 Å². The van der Waals surface area contributed by atoms with Crippen LogP contribution in [0.2, 0.25) is 0 Å². The molecule has 356 valence electrons. The van der Waals surface area contributed by atoms with E-state index < -0.39 is 17.5 Å². The third kappa shape index (κ3) is 13.7. The van der Waals surface area contributed by atoms with Crippen LogP contribution in [0.5, 0.6) is 0 Å². The first-order valence-electron chi connectivity index (χ1n) is 23.3. The summed E-state index contributed by atoms with van der Waals surface area (Å²) in [5.41, 5.74) is 3.37. The van der Waals surface area contributed by atoms with Gasteiger partial charge in [0, 0.05) is 94.4 Å². The van der Waals surface area contributed by atoms with Crippen LogP contribution in [-0.2, 0) is 23.9 Å². The third-order valence-corrected chi connectivity index (χ3v) is 12.4. The fourth-order valence-corrected chi connectivity index (χ4v) is 8.60. The number of aromatic nitrogens is 7. The van der Waals surface area contributed by atoms with E-state index in [-0.39, 0.29) is 29.5 Å². The van der Waals surface area contributed by atoms with Gasteiger partial charge in [0.2, 0.25) is 29.6 Å². The zero-order chi connectivity index (χ0) is 47.2. The first-order valence-corrected chi connectivity index (χ1v) is 23.3. The molecule has 2 atom stereocenters. The van der Waals surface area contributed by atoms with Crippen molar-refractivity contribution in [1.29, 1.82) is 0 Å². The number of nitrogens with zero attached hydrogens (tertiary/aromatic N) is 7. The Balaban J connectivity index is 0.842. The van der Waals surface area contributed by atoms with Crippen molar-refractivity contribution in [3.05, 3.63) is 95.5 Å². The van der Waals surface area contributed by atoms with E-state index in [0.717, 1.165) is 73.9 Å². The smallest absolute Gasteiger partial charge is 0.234 e. The number of benzene rings is 1. The molecule has 5 aromatic rings. The zero-order valence-corrected chi connectivity index (χ0v) is 38.6. The number of carbonyl (C=O) groups excluding carboxylic acids is 4. The number of nitrogens with one attached hydrogen (secondary N) is 6. The van der Waals surface area contributed by atoms with Crippen LogP contribution >= 0.6 is 0 Å². The van der Waals surface area contributed by atoms with Gasteiger partial charge in [0.15, 0.2) is 17.5 Å². The molecule has 1 aromatic carbocycles. The second kappa shape index (κ2) is 23.1. The molecule has 4 amide bonds. The third-order valence-electron chi connectivity index (χ3n) is 12.4. The molecule has 18 nitrogen and oxygen atoms in total. The lowest BCUT2D eigenvalue weighted by Crippen LogP contribution is -2.57. The first-order chi connectivity index (χ1) is 32.5. The number of piperidine rings is 2. The number of hydrogen-bond donors (Lipinski definition) is 6. The fourth-order valence-electron chi connectivity index (χ4n) is 8.60. The summed E-state index contributed by atoms with van der Waals surface area (Å²) in [6.07, 6.45) is 13.2. The highest BCUT2D eigenvalue weighted by Crippen LogP contribution is 2.30. The Labute approximate surface area is 390 Å². The van der Waals surface area contributed by atoms with E-state index >= 15 is 0 Å². The van der Waals surface area contributed by atoms with Crippen molar-refractivity contribution in [3.8, 4) is 5.82 Å². The van der Waals surface area contributed by atoms with Gasteiger partial charge in [0.1, 0.15) is 11.5 Å². The van der Waals surface area contributed by atoms with Crippen LogP contribution in [0.15, 0.2) is 67.1 Å². The fraction of sp³-hybridized carbons (Fsp3) is 0.479. The number of H-pyrrole nitrogens is 1. The molecular formula is C48H62FN13O5. The van der Waals surface area contributed by atoms with E-state index in [2.05, 4.69) is 51.8 Å². The Morgan fingerprint density at radius 2 is 1.75 bits per heavy atom. The van der Waals surface area contributed by atoms with E-state index in [0.29, 0.717) is 93.5 Å². The van der Waals surface area contributed by atoms with E-state index in [1.54, 1.807) is 25.4 Å².